The van der Waals surface area contributed by atoms with Gasteiger partial charge in [0.25, 0.3) is 5.91 Å². The van der Waals surface area contributed by atoms with Crippen LogP contribution in [-0.4, -0.2) is 46.8 Å². The molecule has 0 saturated heterocycles. The van der Waals surface area contributed by atoms with E-state index in [1.165, 1.54) is 6.07 Å². The fraction of sp³-hybridized carbons (Fsp3) is 0.417. The third kappa shape index (κ3) is 4.89. The van der Waals surface area contributed by atoms with Crippen molar-refractivity contribution in [3.63, 3.8) is 0 Å². The summed E-state index contributed by atoms with van der Waals surface area (Å²) in [6.07, 6.45) is -2.60. The molecule has 1 amide bonds. The van der Waals surface area contributed by atoms with Crippen molar-refractivity contribution in [2.75, 3.05) is 13.6 Å². The van der Waals surface area contributed by atoms with Gasteiger partial charge in [0.05, 0.1) is 5.56 Å². The summed E-state index contributed by atoms with van der Waals surface area (Å²) in [7, 11) is 1.77. The van der Waals surface area contributed by atoms with Crippen LogP contribution in [-0.2, 0) is 6.18 Å². The Kier molecular flexibility index (Phi) is 6.45. The zero-order chi connectivity index (χ0) is 23.8. The SMILES string of the molecule is CCNC(O)[C@H]1CC[C@@H](N(C)C(=O)c2ccc(-c3nc4cc(C(F)(F)F)ccc4o3)cc2)C1. The number of amides is 1. The van der Waals surface area contributed by atoms with Gasteiger partial charge in [-0.1, -0.05) is 6.92 Å². The molecule has 1 aliphatic carbocycles. The molecule has 1 unspecified atom stereocenters. The van der Waals surface area contributed by atoms with Crippen LogP contribution < -0.4 is 5.32 Å². The normalized spacial score (nSPS) is 19.7. The molecular formula is C24H26F3N3O3. The number of carbonyl (C=O) groups excluding carboxylic acids is 1. The average molecular weight is 461 g/mol. The van der Waals surface area contributed by atoms with Crippen LogP contribution in [0.3, 0.4) is 0 Å². The molecule has 3 aromatic rings. The van der Waals surface area contributed by atoms with Crippen LogP contribution in [0.25, 0.3) is 22.6 Å². The van der Waals surface area contributed by atoms with E-state index < -0.39 is 18.0 Å². The maximum absolute atomic E-state index is 13.0. The van der Waals surface area contributed by atoms with Crippen molar-refractivity contribution in [2.24, 2.45) is 5.92 Å². The van der Waals surface area contributed by atoms with Crippen molar-refractivity contribution in [1.82, 2.24) is 15.2 Å². The van der Waals surface area contributed by atoms with E-state index in [1.54, 1.807) is 36.2 Å². The van der Waals surface area contributed by atoms with Crippen LogP contribution in [0.2, 0.25) is 0 Å². The highest BCUT2D eigenvalue weighted by Gasteiger charge is 2.34. The smallest absolute Gasteiger partial charge is 0.416 e. The standard InChI is InChI=1S/C24H26F3N3O3/c1-3-28-21(31)16-8-10-18(12-16)30(2)23(32)15-6-4-14(5-7-15)22-29-19-13-17(24(25,26)27)9-11-20(19)33-22/h4-7,9,11,13,16,18,21,28,31H,3,8,10,12H2,1-2H3/t16-,18+,21?/m0/s1. The number of aromatic nitrogens is 1. The van der Waals surface area contributed by atoms with Gasteiger partial charge in [0.15, 0.2) is 5.58 Å². The number of rotatable bonds is 6. The van der Waals surface area contributed by atoms with E-state index in [2.05, 4.69) is 10.3 Å². The second-order valence-corrected chi connectivity index (χ2v) is 8.42. The number of halogens is 3. The molecule has 2 aromatic carbocycles. The first-order valence-electron chi connectivity index (χ1n) is 10.9. The third-order valence-corrected chi connectivity index (χ3v) is 6.27. The van der Waals surface area contributed by atoms with Crippen LogP contribution in [0.4, 0.5) is 13.2 Å². The van der Waals surface area contributed by atoms with Crippen LogP contribution in [0.1, 0.15) is 42.1 Å². The molecule has 4 rings (SSSR count). The third-order valence-electron chi connectivity index (χ3n) is 6.27. The molecule has 33 heavy (non-hydrogen) atoms. The van der Waals surface area contributed by atoms with E-state index in [9.17, 15) is 23.1 Å². The molecule has 9 heteroatoms. The number of aliphatic hydroxyl groups excluding tert-OH is 1. The summed E-state index contributed by atoms with van der Waals surface area (Å²) in [5, 5.41) is 13.2. The Hall–Kier alpha value is -2.91. The molecular weight excluding hydrogens is 435 g/mol. The second kappa shape index (κ2) is 9.15. The zero-order valence-corrected chi connectivity index (χ0v) is 18.4. The van der Waals surface area contributed by atoms with Crippen molar-refractivity contribution < 1.29 is 27.5 Å². The Morgan fingerprint density at radius 3 is 2.64 bits per heavy atom. The monoisotopic (exact) mass is 461 g/mol. The molecule has 1 saturated carbocycles. The Bertz CT molecular complexity index is 1130. The molecule has 0 spiro atoms. The first-order valence-corrected chi connectivity index (χ1v) is 10.9. The molecule has 3 atom stereocenters. The molecule has 1 aromatic heterocycles. The molecule has 0 bridgehead atoms. The van der Waals surface area contributed by atoms with E-state index in [1.807, 2.05) is 6.92 Å². The maximum Gasteiger partial charge on any atom is 0.416 e. The van der Waals surface area contributed by atoms with Gasteiger partial charge in [-0.25, -0.2) is 4.98 Å². The molecule has 0 radical (unpaired) electrons. The quantitative estimate of drug-likeness (QED) is 0.521. The number of benzene rings is 2. The van der Waals surface area contributed by atoms with Gasteiger partial charge in [0, 0.05) is 30.1 Å². The summed E-state index contributed by atoms with van der Waals surface area (Å²) < 4.78 is 44.4. The Labute approximate surface area is 189 Å². The topological polar surface area (TPSA) is 78.6 Å². The van der Waals surface area contributed by atoms with Gasteiger partial charge in [0.2, 0.25) is 5.89 Å². The summed E-state index contributed by atoms with van der Waals surface area (Å²) >= 11 is 0. The highest BCUT2D eigenvalue weighted by Crippen LogP contribution is 2.34. The average Bonchev–Trinajstić information content (AvgIpc) is 3.45. The van der Waals surface area contributed by atoms with Crippen molar-refractivity contribution in [3.8, 4) is 11.5 Å². The summed E-state index contributed by atoms with van der Waals surface area (Å²) in [4.78, 5) is 18.8. The van der Waals surface area contributed by atoms with Crippen LogP contribution in [0.15, 0.2) is 46.9 Å². The number of hydrogen-bond acceptors (Lipinski definition) is 5. The minimum absolute atomic E-state index is 0.0513. The lowest BCUT2D eigenvalue weighted by Crippen LogP contribution is -2.38. The van der Waals surface area contributed by atoms with Crippen LogP contribution >= 0.6 is 0 Å². The molecule has 2 N–H and O–H groups in total. The van der Waals surface area contributed by atoms with Gasteiger partial charge in [-0.15, -0.1) is 0 Å². The van der Waals surface area contributed by atoms with E-state index >= 15 is 0 Å². The lowest BCUT2D eigenvalue weighted by atomic mass is 10.1. The number of aliphatic hydroxyl groups is 1. The summed E-state index contributed by atoms with van der Waals surface area (Å²) in [5.74, 6) is 0.176. The van der Waals surface area contributed by atoms with Gasteiger partial charge >= 0.3 is 6.18 Å². The number of hydrogen-bond donors (Lipinski definition) is 2. The molecule has 1 fully saturated rings. The minimum atomic E-state index is -4.45. The van der Waals surface area contributed by atoms with Crippen LogP contribution in [0, 0.1) is 5.92 Å². The molecule has 0 aliphatic heterocycles. The fourth-order valence-electron chi connectivity index (χ4n) is 4.36. The Morgan fingerprint density at radius 1 is 1.24 bits per heavy atom. The molecule has 6 nitrogen and oxygen atoms in total. The predicted octanol–water partition coefficient (Wildman–Crippen LogP) is 4.68. The van der Waals surface area contributed by atoms with Gasteiger partial charge in [0.1, 0.15) is 11.7 Å². The van der Waals surface area contributed by atoms with E-state index in [-0.39, 0.29) is 34.9 Å². The first kappa shape index (κ1) is 23.3. The number of nitrogens with one attached hydrogen (secondary N) is 1. The lowest BCUT2D eigenvalue weighted by molar-refractivity contribution is -0.137. The minimum Gasteiger partial charge on any atom is -0.436 e. The number of alkyl halides is 3. The molecule has 176 valence electrons. The maximum atomic E-state index is 13.0. The van der Waals surface area contributed by atoms with Gasteiger partial charge in [-0.05, 0) is 68.3 Å². The molecule has 1 aliphatic rings. The fourth-order valence-corrected chi connectivity index (χ4v) is 4.36. The van der Waals surface area contributed by atoms with Gasteiger partial charge in [-0.2, -0.15) is 13.2 Å². The van der Waals surface area contributed by atoms with E-state index in [0.717, 1.165) is 31.4 Å². The second-order valence-electron chi connectivity index (χ2n) is 8.42. The van der Waals surface area contributed by atoms with E-state index in [4.69, 9.17) is 4.42 Å². The largest absolute Gasteiger partial charge is 0.436 e. The number of fused-ring (bicyclic) bond motifs is 1. The number of oxazole rings is 1. The van der Waals surface area contributed by atoms with Crippen molar-refractivity contribution in [2.45, 2.75) is 44.6 Å². The zero-order valence-electron chi connectivity index (χ0n) is 18.4. The summed E-state index contributed by atoms with van der Waals surface area (Å²) in [6.45, 7) is 2.63. The van der Waals surface area contributed by atoms with Crippen molar-refractivity contribution in [1.29, 1.82) is 0 Å². The predicted molar refractivity (Wildman–Crippen MR) is 117 cm³/mol. The number of carbonyl (C=O) groups is 1. The highest BCUT2D eigenvalue weighted by atomic mass is 19.4. The van der Waals surface area contributed by atoms with Crippen LogP contribution in [0.5, 0.6) is 0 Å². The summed E-state index contributed by atoms with van der Waals surface area (Å²) in [5.41, 5.74) is 0.649. The Balaban J connectivity index is 1.46. The number of nitrogens with zero attached hydrogens (tertiary/aromatic N) is 2. The van der Waals surface area contributed by atoms with Crippen molar-refractivity contribution >= 4 is 17.0 Å². The lowest BCUT2D eigenvalue weighted by Gasteiger charge is -2.26. The van der Waals surface area contributed by atoms with Gasteiger partial charge < -0.3 is 14.4 Å². The Morgan fingerprint density at radius 2 is 1.97 bits per heavy atom. The highest BCUT2D eigenvalue weighted by molar-refractivity contribution is 5.94. The van der Waals surface area contributed by atoms with Crippen molar-refractivity contribution in [3.05, 3.63) is 53.6 Å². The molecule has 1 heterocycles. The van der Waals surface area contributed by atoms with E-state index in [0.29, 0.717) is 17.7 Å². The van der Waals surface area contributed by atoms with Gasteiger partial charge in [-0.3, -0.25) is 10.1 Å². The first-order chi connectivity index (χ1) is 15.7. The summed E-state index contributed by atoms with van der Waals surface area (Å²) in [6, 6.07) is 9.87.